The highest BCUT2D eigenvalue weighted by Gasteiger charge is 2.47. The summed E-state index contributed by atoms with van der Waals surface area (Å²) in [7, 11) is 0. The van der Waals surface area contributed by atoms with E-state index >= 15 is 0 Å². The third-order valence-electron chi connectivity index (χ3n) is 2.87. The molecule has 0 spiro atoms. The van der Waals surface area contributed by atoms with Crippen molar-refractivity contribution in [3.8, 4) is 0 Å². The molecule has 4 N–H and O–H groups in total. The minimum atomic E-state index is -1.70. The number of carboxylic acid groups (broad SMARTS) is 2. The lowest BCUT2D eigenvalue weighted by atomic mass is 9.74. The van der Waals surface area contributed by atoms with Gasteiger partial charge in [0, 0.05) is 6.42 Å². The Hall–Kier alpha value is -1.14. The quantitative estimate of drug-likeness (QED) is 0.495. The van der Waals surface area contributed by atoms with Crippen LogP contribution in [0.5, 0.6) is 0 Å². The van der Waals surface area contributed by atoms with Crippen molar-refractivity contribution >= 4 is 11.9 Å². The van der Waals surface area contributed by atoms with E-state index in [2.05, 4.69) is 0 Å². The van der Waals surface area contributed by atoms with Crippen molar-refractivity contribution in [1.29, 1.82) is 0 Å². The molecule has 0 saturated carbocycles. The van der Waals surface area contributed by atoms with Crippen molar-refractivity contribution in [2.24, 2.45) is 5.41 Å². The van der Waals surface area contributed by atoms with Gasteiger partial charge in [0.05, 0.1) is 12.2 Å². The summed E-state index contributed by atoms with van der Waals surface area (Å²) < 4.78 is 0. The minimum Gasteiger partial charge on any atom is -0.481 e. The van der Waals surface area contributed by atoms with E-state index in [0.717, 1.165) is 0 Å². The van der Waals surface area contributed by atoms with Gasteiger partial charge in [0.25, 0.3) is 0 Å². The van der Waals surface area contributed by atoms with Gasteiger partial charge in [0.2, 0.25) is 0 Å². The van der Waals surface area contributed by atoms with Crippen molar-refractivity contribution in [3.63, 3.8) is 0 Å². The predicted octanol–water partition coefficient (Wildman–Crippen LogP) is 0.0739. The molecule has 16 heavy (non-hydrogen) atoms. The third-order valence-corrected chi connectivity index (χ3v) is 2.87. The molecule has 0 bridgehead atoms. The van der Waals surface area contributed by atoms with Gasteiger partial charge in [-0.1, -0.05) is 0 Å². The highest BCUT2D eigenvalue weighted by atomic mass is 16.4. The van der Waals surface area contributed by atoms with E-state index in [9.17, 15) is 19.8 Å². The number of rotatable bonds is 7. The number of carbonyl (C=O) groups is 2. The molecule has 0 aliphatic heterocycles. The van der Waals surface area contributed by atoms with Crippen molar-refractivity contribution in [1.82, 2.24) is 0 Å². The smallest absolute Gasteiger partial charge is 0.314 e. The van der Waals surface area contributed by atoms with Crippen LogP contribution in [0.25, 0.3) is 0 Å². The molecule has 0 aromatic heterocycles. The van der Waals surface area contributed by atoms with Gasteiger partial charge in [0.1, 0.15) is 5.41 Å². The fourth-order valence-corrected chi connectivity index (χ4v) is 1.76. The van der Waals surface area contributed by atoms with Gasteiger partial charge in [-0.15, -0.1) is 0 Å². The van der Waals surface area contributed by atoms with Crippen LogP contribution in [0.15, 0.2) is 0 Å². The number of hydrogen-bond donors (Lipinski definition) is 4. The maximum Gasteiger partial charge on any atom is 0.314 e. The number of aliphatic hydroxyl groups is 2. The molecule has 0 saturated heterocycles. The zero-order valence-electron chi connectivity index (χ0n) is 9.38. The molecule has 0 aliphatic rings. The summed E-state index contributed by atoms with van der Waals surface area (Å²) in [6.07, 6.45) is -2.67. The lowest BCUT2D eigenvalue weighted by Crippen LogP contribution is -2.49. The van der Waals surface area contributed by atoms with Crippen LogP contribution in [0.3, 0.4) is 0 Å². The lowest BCUT2D eigenvalue weighted by molar-refractivity contribution is -0.168. The van der Waals surface area contributed by atoms with Gasteiger partial charge in [-0.2, -0.15) is 0 Å². The average Bonchev–Trinajstić information content (AvgIpc) is 2.09. The molecule has 2 atom stereocenters. The summed E-state index contributed by atoms with van der Waals surface area (Å²) in [5, 5.41) is 36.5. The second-order valence-electron chi connectivity index (χ2n) is 3.94. The summed E-state index contributed by atoms with van der Waals surface area (Å²) in [4.78, 5) is 21.4. The monoisotopic (exact) mass is 234 g/mol. The molecule has 0 amide bonds. The van der Waals surface area contributed by atoms with Crippen LogP contribution in [-0.4, -0.2) is 44.6 Å². The van der Waals surface area contributed by atoms with Gasteiger partial charge < -0.3 is 20.4 Å². The Balaban J connectivity index is 4.77. The fourth-order valence-electron chi connectivity index (χ4n) is 1.76. The number of hydrogen-bond acceptors (Lipinski definition) is 4. The topological polar surface area (TPSA) is 115 Å². The van der Waals surface area contributed by atoms with Crippen LogP contribution in [0.4, 0.5) is 0 Å². The van der Waals surface area contributed by atoms with E-state index in [1.165, 1.54) is 13.8 Å². The molecular weight excluding hydrogens is 216 g/mol. The van der Waals surface area contributed by atoms with Crippen molar-refractivity contribution < 1.29 is 30.0 Å². The normalized spacial score (nSPS) is 18.5. The molecule has 0 rings (SSSR count). The zero-order chi connectivity index (χ0) is 12.9. The molecular formula is C10H18O6. The summed E-state index contributed by atoms with van der Waals surface area (Å²) >= 11 is 0. The van der Waals surface area contributed by atoms with Crippen molar-refractivity contribution in [2.75, 3.05) is 0 Å². The Morgan fingerprint density at radius 2 is 1.56 bits per heavy atom. The highest BCUT2D eigenvalue weighted by Crippen LogP contribution is 2.33. The SMILES string of the molecule is CC(O)C(CCCC(=O)O)(C(=O)O)C(C)O. The molecule has 2 unspecified atom stereocenters. The largest absolute Gasteiger partial charge is 0.481 e. The molecule has 0 heterocycles. The van der Waals surface area contributed by atoms with Crippen LogP contribution >= 0.6 is 0 Å². The summed E-state index contributed by atoms with van der Waals surface area (Å²) in [5.74, 6) is -2.35. The molecule has 0 fully saturated rings. The van der Waals surface area contributed by atoms with Crippen LogP contribution in [0.1, 0.15) is 33.1 Å². The first kappa shape index (κ1) is 14.9. The summed E-state index contributed by atoms with van der Waals surface area (Å²) in [5.41, 5.74) is -1.70. The standard InChI is InChI=1S/C10H18O6/c1-6(11)10(7(2)12,9(15)16)5-3-4-8(13)14/h6-7,11-12H,3-5H2,1-2H3,(H,13,14)(H,15,16). The first-order chi connectivity index (χ1) is 7.25. The highest BCUT2D eigenvalue weighted by molar-refractivity contribution is 5.76. The van der Waals surface area contributed by atoms with Crippen LogP contribution in [0, 0.1) is 5.41 Å². The minimum absolute atomic E-state index is 0.0794. The van der Waals surface area contributed by atoms with E-state index in [1.54, 1.807) is 0 Å². The number of aliphatic hydroxyl groups excluding tert-OH is 2. The van der Waals surface area contributed by atoms with Crippen molar-refractivity contribution in [2.45, 2.75) is 45.3 Å². The molecule has 6 nitrogen and oxygen atoms in total. The first-order valence-electron chi connectivity index (χ1n) is 5.06. The van der Waals surface area contributed by atoms with E-state index in [0.29, 0.717) is 0 Å². The molecule has 6 heteroatoms. The maximum absolute atomic E-state index is 11.1. The maximum atomic E-state index is 11.1. The van der Waals surface area contributed by atoms with Gasteiger partial charge in [-0.05, 0) is 26.7 Å². The number of aliphatic carboxylic acids is 2. The molecule has 0 aromatic carbocycles. The zero-order valence-corrected chi connectivity index (χ0v) is 9.38. The Labute approximate surface area is 93.5 Å². The van der Waals surface area contributed by atoms with Crippen LogP contribution in [-0.2, 0) is 9.59 Å². The Morgan fingerprint density at radius 1 is 1.12 bits per heavy atom. The van der Waals surface area contributed by atoms with E-state index < -0.39 is 29.6 Å². The third kappa shape index (κ3) is 3.18. The Morgan fingerprint density at radius 3 is 1.81 bits per heavy atom. The van der Waals surface area contributed by atoms with E-state index in [4.69, 9.17) is 10.2 Å². The lowest BCUT2D eigenvalue weighted by Gasteiger charge is -2.34. The first-order valence-corrected chi connectivity index (χ1v) is 5.06. The van der Waals surface area contributed by atoms with Crippen LogP contribution in [0.2, 0.25) is 0 Å². The molecule has 0 radical (unpaired) electrons. The van der Waals surface area contributed by atoms with Gasteiger partial charge in [-0.3, -0.25) is 9.59 Å². The fraction of sp³-hybridized carbons (Fsp3) is 0.800. The summed E-state index contributed by atoms with van der Waals surface area (Å²) in [6, 6.07) is 0. The van der Waals surface area contributed by atoms with Gasteiger partial charge in [0.15, 0.2) is 0 Å². The number of carboxylic acids is 2. The van der Waals surface area contributed by atoms with E-state index in [1.807, 2.05) is 0 Å². The van der Waals surface area contributed by atoms with Gasteiger partial charge >= 0.3 is 11.9 Å². The van der Waals surface area contributed by atoms with Crippen LogP contribution < -0.4 is 0 Å². The molecule has 0 aromatic rings. The van der Waals surface area contributed by atoms with Crippen molar-refractivity contribution in [3.05, 3.63) is 0 Å². The average molecular weight is 234 g/mol. The second-order valence-corrected chi connectivity index (χ2v) is 3.94. The summed E-state index contributed by atoms with van der Waals surface area (Å²) in [6.45, 7) is 2.56. The Kier molecular flexibility index (Phi) is 5.40. The van der Waals surface area contributed by atoms with Gasteiger partial charge in [-0.25, -0.2) is 0 Å². The second kappa shape index (κ2) is 5.81. The molecule has 0 aliphatic carbocycles. The molecule has 94 valence electrons. The van der Waals surface area contributed by atoms with E-state index in [-0.39, 0.29) is 19.3 Å². The Bertz CT molecular complexity index is 250. The predicted molar refractivity (Wildman–Crippen MR) is 54.9 cm³/mol.